The number of benzene rings is 2. The highest BCUT2D eigenvalue weighted by atomic mass is 32.1. The number of aryl methyl sites for hydroxylation is 1. The predicted molar refractivity (Wildman–Crippen MR) is 113 cm³/mol. The Labute approximate surface area is 164 Å². The molecule has 2 aromatic carbocycles. The van der Waals surface area contributed by atoms with Crippen LogP contribution in [0.5, 0.6) is 0 Å². The minimum Gasteiger partial charge on any atom is -0.325 e. The monoisotopic (exact) mass is 377 g/mol. The number of nitrogens with zero attached hydrogens (tertiary/aromatic N) is 1. The highest BCUT2D eigenvalue weighted by molar-refractivity contribution is 7.81. The van der Waals surface area contributed by atoms with E-state index in [1.807, 2.05) is 49.4 Å². The third-order valence-electron chi connectivity index (χ3n) is 5.38. The van der Waals surface area contributed by atoms with E-state index in [0.717, 1.165) is 28.7 Å². The van der Waals surface area contributed by atoms with E-state index >= 15 is 0 Å². The maximum atomic E-state index is 13.1. The average molecular weight is 378 g/mol. The molecule has 3 atom stereocenters. The van der Waals surface area contributed by atoms with Gasteiger partial charge in [-0.15, -0.1) is 0 Å². The summed E-state index contributed by atoms with van der Waals surface area (Å²) in [5.41, 5.74) is 3.00. The zero-order chi connectivity index (χ0) is 18.8. The van der Waals surface area contributed by atoms with Gasteiger partial charge in [0.25, 0.3) is 0 Å². The first-order valence-corrected chi connectivity index (χ1v) is 9.75. The quantitative estimate of drug-likeness (QED) is 0.609. The van der Waals surface area contributed by atoms with Gasteiger partial charge in [-0.3, -0.25) is 9.78 Å². The Balaban J connectivity index is 1.57. The molecule has 2 N–H and O–H groups in total. The second kappa shape index (κ2) is 7.71. The summed E-state index contributed by atoms with van der Waals surface area (Å²) in [5.74, 6) is 0.00794. The highest BCUT2D eigenvalue weighted by Gasteiger charge is 2.36. The number of piperidine rings is 1. The van der Waals surface area contributed by atoms with E-state index in [2.05, 4.69) is 27.8 Å². The molecule has 0 saturated carbocycles. The second-order valence-electron chi connectivity index (χ2n) is 7.06. The number of carbonyl (C=O) groups excluding carboxylic acids is 1. The van der Waals surface area contributed by atoms with Crippen molar-refractivity contribution in [3.8, 4) is 0 Å². The number of nitrogens with one attached hydrogen (secondary N) is 2. The standard InChI is InChI=1S/C22H23N3OS/c1-14-16-8-5-9-20(17(16)10-11-24-14)25-22(26)19-13-23-12-18(21(19)27)15-6-3-2-4-7-15/h2-11,18-19,21,23,27H,12-13H2,1H3,(H,25,26)/t18-,19+,21?/m1/s1. The number of aromatic nitrogens is 1. The number of amides is 1. The first kappa shape index (κ1) is 18.0. The van der Waals surface area contributed by atoms with Crippen LogP contribution >= 0.6 is 12.6 Å². The molecular weight excluding hydrogens is 354 g/mol. The molecule has 1 aliphatic rings. The largest absolute Gasteiger partial charge is 0.325 e. The minimum absolute atomic E-state index is 0.00472. The number of anilines is 1. The van der Waals surface area contributed by atoms with Crippen LogP contribution in [0.15, 0.2) is 60.8 Å². The van der Waals surface area contributed by atoms with Gasteiger partial charge in [0.1, 0.15) is 0 Å². The van der Waals surface area contributed by atoms with Crippen LogP contribution in [0, 0.1) is 12.8 Å². The summed E-state index contributed by atoms with van der Waals surface area (Å²) in [6, 6.07) is 18.2. The fraction of sp³-hybridized carbons (Fsp3) is 0.273. The summed E-state index contributed by atoms with van der Waals surface area (Å²) in [4.78, 5) is 17.4. The van der Waals surface area contributed by atoms with E-state index in [9.17, 15) is 4.79 Å². The van der Waals surface area contributed by atoms with Gasteiger partial charge in [-0.1, -0.05) is 42.5 Å². The van der Waals surface area contributed by atoms with Gasteiger partial charge in [0.05, 0.1) is 5.92 Å². The number of thiol groups is 1. The molecule has 1 unspecified atom stereocenters. The number of hydrogen-bond acceptors (Lipinski definition) is 4. The molecule has 3 aromatic rings. The fourth-order valence-corrected chi connectivity index (χ4v) is 4.39. The maximum Gasteiger partial charge on any atom is 0.229 e. The van der Waals surface area contributed by atoms with Gasteiger partial charge in [-0.25, -0.2) is 0 Å². The van der Waals surface area contributed by atoms with Crippen molar-refractivity contribution in [2.24, 2.45) is 5.92 Å². The van der Waals surface area contributed by atoms with Crippen molar-refractivity contribution in [3.05, 3.63) is 72.1 Å². The second-order valence-corrected chi connectivity index (χ2v) is 7.66. The summed E-state index contributed by atoms with van der Waals surface area (Å²) in [5, 5.41) is 8.57. The molecule has 0 radical (unpaired) electrons. The van der Waals surface area contributed by atoms with Gasteiger partial charge >= 0.3 is 0 Å². The van der Waals surface area contributed by atoms with Gasteiger partial charge in [0.2, 0.25) is 5.91 Å². The van der Waals surface area contributed by atoms with E-state index in [0.29, 0.717) is 6.54 Å². The van der Waals surface area contributed by atoms with Crippen LogP contribution < -0.4 is 10.6 Å². The van der Waals surface area contributed by atoms with Crippen molar-refractivity contribution >= 4 is 35.0 Å². The van der Waals surface area contributed by atoms with E-state index < -0.39 is 0 Å². The van der Waals surface area contributed by atoms with Crippen LogP contribution in [-0.2, 0) is 4.79 Å². The molecule has 0 bridgehead atoms. The molecule has 1 amide bonds. The summed E-state index contributed by atoms with van der Waals surface area (Å²) < 4.78 is 0. The van der Waals surface area contributed by atoms with Gasteiger partial charge in [0, 0.05) is 52.6 Å². The van der Waals surface area contributed by atoms with Crippen molar-refractivity contribution in [2.45, 2.75) is 18.1 Å². The van der Waals surface area contributed by atoms with Crippen LogP contribution in [0.2, 0.25) is 0 Å². The van der Waals surface area contributed by atoms with Crippen LogP contribution in [0.3, 0.4) is 0 Å². The summed E-state index contributed by atoms with van der Waals surface area (Å²) >= 11 is 4.85. The molecule has 1 aliphatic heterocycles. The van der Waals surface area contributed by atoms with Crippen molar-refractivity contribution in [1.29, 1.82) is 0 Å². The lowest BCUT2D eigenvalue weighted by molar-refractivity contribution is -0.120. The van der Waals surface area contributed by atoms with Crippen molar-refractivity contribution < 1.29 is 4.79 Å². The Morgan fingerprint density at radius 2 is 1.89 bits per heavy atom. The van der Waals surface area contributed by atoms with Gasteiger partial charge in [-0.05, 0) is 24.6 Å². The van der Waals surface area contributed by atoms with E-state index in [4.69, 9.17) is 12.6 Å². The highest BCUT2D eigenvalue weighted by Crippen LogP contribution is 2.32. The summed E-state index contributed by atoms with van der Waals surface area (Å²) in [7, 11) is 0. The molecule has 27 heavy (non-hydrogen) atoms. The van der Waals surface area contributed by atoms with E-state index in [-0.39, 0.29) is 23.0 Å². The normalized spacial score (nSPS) is 22.5. The fourth-order valence-electron chi connectivity index (χ4n) is 3.87. The Morgan fingerprint density at radius 3 is 2.70 bits per heavy atom. The molecule has 138 valence electrons. The lowest BCUT2D eigenvalue weighted by atomic mass is 9.84. The molecule has 1 fully saturated rings. The van der Waals surface area contributed by atoms with Crippen LogP contribution in [0.4, 0.5) is 5.69 Å². The Morgan fingerprint density at radius 1 is 1.07 bits per heavy atom. The average Bonchev–Trinajstić information content (AvgIpc) is 2.69. The number of hydrogen-bond donors (Lipinski definition) is 3. The molecule has 5 heteroatoms. The van der Waals surface area contributed by atoms with E-state index in [1.54, 1.807) is 6.20 Å². The zero-order valence-electron chi connectivity index (χ0n) is 15.2. The smallest absolute Gasteiger partial charge is 0.229 e. The van der Waals surface area contributed by atoms with Gasteiger partial charge < -0.3 is 10.6 Å². The first-order chi connectivity index (χ1) is 13.1. The lowest BCUT2D eigenvalue weighted by Gasteiger charge is -2.35. The Bertz CT molecular complexity index is 960. The van der Waals surface area contributed by atoms with Crippen molar-refractivity contribution in [1.82, 2.24) is 10.3 Å². The van der Waals surface area contributed by atoms with E-state index in [1.165, 1.54) is 5.56 Å². The Kier molecular flexibility index (Phi) is 5.14. The molecule has 4 rings (SSSR count). The molecule has 1 aromatic heterocycles. The van der Waals surface area contributed by atoms with Crippen molar-refractivity contribution in [2.75, 3.05) is 18.4 Å². The summed E-state index contributed by atoms with van der Waals surface area (Å²) in [6.07, 6.45) is 1.78. The molecule has 0 spiro atoms. The van der Waals surface area contributed by atoms with Gasteiger partial charge in [-0.2, -0.15) is 12.6 Å². The molecule has 2 heterocycles. The molecular formula is C22H23N3OS. The molecule has 4 nitrogen and oxygen atoms in total. The third kappa shape index (κ3) is 3.57. The minimum atomic E-state index is -0.203. The number of rotatable bonds is 3. The third-order valence-corrected chi connectivity index (χ3v) is 6.10. The molecule has 1 saturated heterocycles. The molecule has 0 aliphatic carbocycles. The zero-order valence-corrected chi connectivity index (χ0v) is 16.1. The summed E-state index contributed by atoms with van der Waals surface area (Å²) in [6.45, 7) is 3.45. The van der Waals surface area contributed by atoms with Gasteiger partial charge in [0.15, 0.2) is 0 Å². The lowest BCUT2D eigenvalue weighted by Crippen LogP contribution is -2.48. The van der Waals surface area contributed by atoms with Crippen LogP contribution in [-0.4, -0.2) is 29.2 Å². The Hall–Kier alpha value is -2.37. The topological polar surface area (TPSA) is 54.0 Å². The van der Waals surface area contributed by atoms with Crippen LogP contribution in [0.1, 0.15) is 17.2 Å². The number of pyridine rings is 1. The number of fused-ring (bicyclic) bond motifs is 1. The van der Waals surface area contributed by atoms with Crippen LogP contribution in [0.25, 0.3) is 10.8 Å². The van der Waals surface area contributed by atoms with Crippen molar-refractivity contribution in [3.63, 3.8) is 0 Å². The first-order valence-electron chi connectivity index (χ1n) is 9.24. The predicted octanol–water partition coefficient (Wildman–Crippen LogP) is 3.78. The number of carbonyl (C=O) groups is 1. The SMILES string of the molecule is Cc1nccc2c(NC(=O)[C@H]3CNC[C@H](c4ccccc4)C3S)cccc12. The maximum absolute atomic E-state index is 13.1.